The van der Waals surface area contributed by atoms with Crippen molar-refractivity contribution >= 4 is 5.65 Å². The summed E-state index contributed by atoms with van der Waals surface area (Å²) < 4.78 is 1.86. The molecule has 18 heavy (non-hydrogen) atoms. The van der Waals surface area contributed by atoms with Crippen molar-refractivity contribution in [3.8, 4) is 0 Å². The van der Waals surface area contributed by atoms with Crippen LogP contribution in [0.2, 0.25) is 0 Å². The molecule has 1 fully saturated rings. The molecule has 1 aliphatic rings. The van der Waals surface area contributed by atoms with Crippen molar-refractivity contribution in [2.45, 2.75) is 45.7 Å². The van der Waals surface area contributed by atoms with E-state index in [1.165, 1.54) is 24.8 Å². The Morgan fingerprint density at radius 3 is 3.06 bits per heavy atom. The zero-order valence-electron chi connectivity index (χ0n) is 11.1. The predicted octanol–water partition coefficient (Wildman–Crippen LogP) is 2.32. The molecule has 0 amide bonds. The van der Waals surface area contributed by atoms with Crippen molar-refractivity contribution in [2.24, 2.45) is 5.92 Å². The van der Waals surface area contributed by atoms with Crippen LogP contribution in [0.4, 0.5) is 0 Å². The third kappa shape index (κ3) is 2.25. The fourth-order valence-corrected chi connectivity index (χ4v) is 2.51. The van der Waals surface area contributed by atoms with E-state index in [1.807, 2.05) is 23.7 Å². The molecule has 0 aliphatic heterocycles. The van der Waals surface area contributed by atoms with Crippen LogP contribution in [0.5, 0.6) is 0 Å². The molecule has 2 aromatic heterocycles. The standard InChI is InChI=1S/C14H20N4/c1-10-6-14-16-8-12(9-18(14)17-10)7-15-11(2)13-4-3-5-13/h6,8-9,11,13,15H,3-5,7H2,1-2H3. The summed E-state index contributed by atoms with van der Waals surface area (Å²) in [4.78, 5) is 4.42. The Bertz CT molecular complexity index is 542. The van der Waals surface area contributed by atoms with Crippen LogP contribution in [0.1, 0.15) is 37.4 Å². The van der Waals surface area contributed by atoms with E-state index in [9.17, 15) is 0 Å². The van der Waals surface area contributed by atoms with Gasteiger partial charge in [-0.25, -0.2) is 9.50 Å². The number of hydrogen-bond donors (Lipinski definition) is 1. The molecule has 0 bridgehead atoms. The lowest BCUT2D eigenvalue weighted by Gasteiger charge is -2.32. The highest BCUT2D eigenvalue weighted by molar-refractivity contribution is 5.38. The van der Waals surface area contributed by atoms with Gasteiger partial charge in [-0.15, -0.1) is 0 Å². The van der Waals surface area contributed by atoms with E-state index in [4.69, 9.17) is 0 Å². The Morgan fingerprint density at radius 1 is 1.50 bits per heavy atom. The number of nitrogens with zero attached hydrogens (tertiary/aromatic N) is 3. The van der Waals surface area contributed by atoms with Crippen molar-refractivity contribution < 1.29 is 0 Å². The third-order valence-electron chi connectivity index (χ3n) is 3.97. The van der Waals surface area contributed by atoms with Crippen molar-refractivity contribution in [1.29, 1.82) is 0 Å². The Labute approximate surface area is 107 Å². The van der Waals surface area contributed by atoms with Gasteiger partial charge in [-0.1, -0.05) is 6.42 Å². The first-order valence-corrected chi connectivity index (χ1v) is 6.76. The van der Waals surface area contributed by atoms with E-state index in [-0.39, 0.29) is 0 Å². The summed E-state index contributed by atoms with van der Waals surface area (Å²) in [5.74, 6) is 0.869. The van der Waals surface area contributed by atoms with Gasteiger partial charge >= 0.3 is 0 Å². The largest absolute Gasteiger partial charge is 0.310 e. The highest BCUT2D eigenvalue weighted by Crippen LogP contribution is 2.29. The van der Waals surface area contributed by atoms with Gasteiger partial charge in [-0.2, -0.15) is 5.10 Å². The Morgan fingerprint density at radius 2 is 2.33 bits per heavy atom. The van der Waals surface area contributed by atoms with Crippen LogP contribution < -0.4 is 5.32 Å². The van der Waals surface area contributed by atoms with Gasteiger partial charge in [0.15, 0.2) is 5.65 Å². The van der Waals surface area contributed by atoms with Crippen LogP contribution in [-0.2, 0) is 6.54 Å². The lowest BCUT2D eigenvalue weighted by molar-refractivity contribution is 0.240. The number of nitrogens with one attached hydrogen (secondary N) is 1. The van der Waals surface area contributed by atoms with Gasteiger partial charge in [-0.3, -0.25) is 0 Å². The van der Waals surface area contributed by atoms with E-state index in [2.05, 4.69) is 28.5 Å². The minimum Gasteiger partial charge on any atom is -0.310 e. The van der Waals surface area contributed by atoms with Crippen molar-refractivity contribution in [3.63, 3.8) is 0 Å². The molecule has 96 valence electrons. The third-order valence-corrected chi connectivity index (χ3v) is 3.97. The van der Waals surface area contributed by atoms with Crippen LogP contribution in [0, 0.1) is 12.8 Å². The second-order valence-electron chi connectivity index (χ2n) is 5.41. The first kappa shape index (κ1) is 11.7. The van der Waals surface area contributed by atoms with E-state index in [0.29, 0.717) is 6.04 Å². The van der Waals surface area contributed by atoms with Gasteiger partial charge in [0.05, 0.1) is 5.69 Å². The molecule has 4 nitrogen and oxygen atoms in total. The smallest absolute Gasteiger partial charge is 0.155 e. The van der Waals surface area contributed by atoms with E-state index in [0.717, 1.165) is 23.8 Å². The van der Waals surface area contributed by atoms with Crippen LogP contribution >= 0.6 is 0 Å². The maximum absolute atomic E-state index is 4.42. The summed E-state index contributed by atoms with van der Waals surface area (Å²) >= 11 is 0. The monoisotopic (exact) mass is 244 g/mol. The minimum atomic E-state index is 0.605. The quantitative estimate of drug-likeness (QED) is 0.897. The maximum atomic E-state index is 4.42. The first-order valence-electron chi connectivity index (χ1n) is 6.76. The van der Waals surface area contributed by atoms with Crippen molar-refractivity contribution in [2.75, 3.05) is 0 Å². The van der Waals surface area contributed by atoms with Gasteiger partial charge < -0.3 is 5.32 Å². The zero-order valence-corrected chi connectivity index (χ0v) is 11.1. The van der Waals surface area contributed by atoms with Crippen molar-refractivity contribution in [1.82, 2.24) is 19.9 Å². The molecule has 1 N–H and O–H groups in total. The minimum absolute atomic E-state index is 0.605. The van der Waals surface area contributed by atoms with E-state index < -0.39 is 0 Å². The lowest BCUT2D eigenvalue weighted by Crippen LogP contribution is -2.36. The molecule has 1 unspecified atom stereocenters. The fourth-order valence-electron chi connectivity index (χ4n) is 2.51. The molecule has 0 aromatic carbocycles. The van der Waals surface area contributed by atoms with E-state index in [1.54, 1.807) is 0 Å². The van der Waals surface area contributed by atoms with Gasteiger partial charge in [0.2, 0.25) is 0 Å². The molecule has 0 spiro atoms. The number of rotatable bonds is 4. The zero-order chi connectivity index (χ0) is 12.5. The molecular weight excluding hydrogens is 224 g/mol. The summed E-state index contributed by atoms with van der Waals surface area (Å²) in [5, 5.41) is 7.98. The number of fused-ring (bicyclic) bond motifs is 1. The molecule has 3 rings (SSSR count). The van der Waals surface area contributed by atoms with Gasteiger partial charge in [-0.05, 0) is 32.6 Å². The second-order valence-corrected chi connectivity index (χ2v) is 5.41. The lowest BCUT2D eigenvalue weighted by atomic mass is 9.80. The average Bonchev–Trinajstić information content (AvgIpc) is 2.63. The van der Waals surface area contributed by atoms with Gasteiger partial charge in [0.25, 0.3) is 0 Å². The summed E-state index contributed by atoms with van der Waals surface area (Å²) in [7, 11) is 0. The summed E-state index contributed by atoms with van der Waals surface area (Å²) in [6.45, 7) is 5.15. The SMILES string of the molecule is Cc1cc2ncc(CNC(C)C3CCC3)cn2n1. The molecule has 1 atom stereocenters. The first-order chi connectivity index (χ1) is 8.72. The average molecular weight is 244 g/mol. The molecule has 1 saturated carbocycles. The number of aromatic nitrogens is 3. The van der Waals surface area contributed by atoms with E-state index >= 15 is 0 Å². The molecule has 0 saturated heterocycles. The fraction of sp³-hybridized carbons (Fsp3) is 0.571. The summed E-state index contributed by atoms with van der Waals surface area (Å²) in [6, 6.07) is 2.60. The maximum Gasteiger partial charge on any atom is 0.155 e. The highest BCUT2D eigenvalue weighted by Gasteiger charge is 2.23. The second kappa shape index (κ2) is 4.69. The molecular formula is C14H20N4. The van der Waals surface area contributed by atoms with Crippen LogP contribution in [0.15, 0.2) is 18.5 Å². The Balaban J connectivity index is 1.66. The predicted molar refractivity (Wildman–Crippen MR) is 71.4 cm³/mol. The summed E-state index contributed by atoms with van der Waals surface area (Å²) in [6.07, 6.45) is 8.16. The number of aryl methyl sites for hydroxylation is 1. The summed E-state index contributed by atoms with van der Waals surface area (Å²) in [5.41, 5.74) is 3.12. The van der Waals surface area contributed by atoms with Crippen LogP contribution in [0.25, 0.3) is 5.65 Å². The molecule has 1 aliphatic carbocycles. The Kier molecular flexibility index (Phi) is 3.04. The molecule has 4 heteroatoms. The Hall–Kier alpha value is -1.42. The van der Waals surface area contributed by atoms with Crippen LogP contribution in [0.3, 0.4) is 0 Å². The van der Waals surface area contributed by atoms with Gasteiger partial charge in [0.1, 0.15) is 0 Å². The topological polar surface area (TPSA) is 42.2 Å². The highest BCUT2D eigenvalue weighted by atomic mass is 15.2. The van der Waals surface area contributed by atoms with Gasteiger partial charge in [0, 0.05) is 36.6 Å². The molecule has 2 heterocycles. The molecule has 2 aromatic rings. The van der Waals surface area contributed by atoms with Crippen LogP contribution in [-0.4, -0.2) is 20.6 Å². The van der Waals surface area contributed by atoms with Crippen molar-refractivity contribution in [3.05, 3.63) is 29.7 Å². The number of hydrogen-bond acceptors (Lipinski definition) is 3. The molecule has 0 radical (unpaired) electrons. The normalized spacial score (nSPS) is 17.9.